The summed E-state index contributed by atoms with van der Waals surface area (Å²) in [5, 5.41) is 2.03. The highest BCUT2D eigenvalue weighted by Crippen LogP contribution is 2.03. The predicted octanol–water partition coefficient (Wildman–Crippen LogP) is -1.01. The molecule has 0 aromatic carbocycles. The SMILES string of the molecule is FB1N(F)[B]N[B]N1F. The second-order valence-electron chi connectivity index (χ2n) is 1.42. The van der Waals surface area contributed by atoms with Crippen LogP contribution in [0.1, 0.15) is 0 Å². The van der Waals surface area contributed by atoms with Gasteiger partial charge in [0.1, 0.15) is 0 Å². The molecule has 1 fully saturated rings. The van der Waals surface area contributed by atoms with E-state index in [2.05, 4.69) is 0 Å². The van der Waals surface area contributed by atoms with E-state index in [4.69, 9.17) is 0 Å². The van der Waals surface area contributed by atoms with Gasteiger partial charge in [-0.2, -0.15) is 18.9 Å². The van der Waals surface area contributed by atoms with Crippen molar-refractivity contribution in [2.45, 2.75) is 0 Å². The number of halogens is 3. The number of nitrogens with one attached hydrogen (secondary N) is 1. The minimum absolute atomic E-state index is 0.431. The number of hydrogen-bond acceptors (Lipinski definition) is 3. The van der Waals surface area contributed by atoms with E-state index in [-0.39, 0.29) is 0 Å². The van der Waals surface area contributed by atoms with Crippen molar-refractivity contribution < 1.29 is 13.3 Å². The molecule has 3 nitrogen and oxygen atoms in total. The van der Waals surface area contributed by atoms with Gasteiger partial charge in [0.25, 0.3) is 0 Å². The van der Waals surface area contributed by atoms with Crippen LogP contribution >= 0.6 is 0 Å². The van der Waals surface area contributed by atoms with E-state index >= 15 is 0 Å². The van der Waals surface area contributed by atoms with E-state index < -0.39 is 17.1 Å². The first kappa shape index (κ1) is 6.98. The Morgan fingerprint density at radius 3 is 2.00 bits per heavy atom. The molecule has 1 heterocycles. The van der Waals surface area contributed by atoms with Crippen molar-refractivity contribution in [3.05, 3.63) is 0 Å². The van der Waals surface area contributed by atoms with E-state index in [9.17, 15) is 13.3 Å². The van der Waals surface area contributed by atoms with Gasteiger partial charge in [-0.05, 0) is 0 Å². The molecule has 0 aliphatic carbocycles. The van der Waals surface area contributed by atoms with Gasteiger partial charge in [0.05, 0.1) is 0 Å². The first-order chi connectivity index (χ1) is 4.22. The average Bonchev–Trinajstić information content (AvgIpc) is 1.83. The molecule has 0 bridgehead atoms. The van der Waals surface area contributed by atoms with Crippen LogP contribution < -0.4 is 5.14 Å². The monoisotopic (exact) mass is 133 g/mol. The summed E-state index contributed by atoms with van der Waals surface area (Å²) in [5.41, 5.74) is 0. The van der Waals surface area contributed by atoms with Crippen molar-refractivity contribution in [1.82, 2.24) is 15.0 Å². The van der Waals surface area contributed by atoms with Crippen LogP contribution in [0.5, 0.6) is 0 Å². The molecular weight excluding hydrogens is 131 g/mol. The quantitative estimate of drug-likeness (QED) is 0.336. The normalized spacial score (nSPS) is 23.2. The fourth-order valence-corrected chi connectivity index (χ4v) is 0.404. The Hall–Kier alpha value is -0.135. The molecule has 2 radical (unpaired) electrons. The van der Waals surface area contributed by atoms with Crippen LogP contribution in [-0.4, -0.2) is 32.2 Å². The van der Waals surface area contributed by atoms with Crippen LogP contribution in [0.3, 0.4) is 0 Å². The summed E-state index contributed by atoms with van der Waals surface area (Å²) in [5.74, 6) is 0. The van der Waals surface area contributed by atoms with Gasteiger partial charge < -0.3 is 5.14 Å². The van der Waals surface area contributed by atoms with Crippen molar-refractivity contribution >= 4 is 22.4 Å². The maximum atomic E-state index is 12.0. The fraction of sp³-hybridized carbons (Fsp3) is 0. The summed E-state index contributed by atoms with van der Waals surface area (Å²) in [6, 6.07) is 0. The highest BCUT2D eigenvalue weighted by molar-refractivity contribution is 6.69. The minimum Gasteiger partial charge on any atom is -0.375 e. The summed E-state index contributed by atoms with van der Waals surface area (Å²) < 4.78 is 35.7. The van der Waals surface area contributed by atoms with Crippen molar-refractivity contribution in [1.29, 1.82) is 0 Å². The van der Waals surface area contributed by atoms with Gasteiger partial charge in [0, 0.05) is 0 Å². The molecule has 0 saturated carbocycles. The molecule has 1 aliphatic heterocycles. The molecule has 0 atom stereocenters. The highest BCUT2D eigenvalue weighted by atomic mass is 19.2. The van der Waals surface area contributed by atoms with E-state index in [0.29, 0.717) is 15.1 Å². The van der Waals surface area contributed by atoms with Crippen molar-refractivity contribution in [3.8, 4) is 0 Å². The van der Waals surface area contributed by atoms with Gasteiger partial charge in [-0.1, -0.05) is 0 Å². The maximum Gasteiger partial charge on any atom is 0.555 e. The molecule has 0 spiro atoms. The van der Waals surface area contributed by atoms with Gasteiger partial charge in [0.15, 0.2) is 0 Å². The zero-order valence-electron chi connectivity index (χ0n) is 4.26. The maximum absolute atomic E-state index is 12.0. The Kier molecular flexibility index (Phi) is 2.04. The summed E-state index contributed by atoms with van der Waals surface area (Å²) >= 11 is 0. The van der Waals surface area contributed by atoms with Gasteiger partial charge >= 0.3 is 22.4 Å². The van der Waals surface area contributed by atoms with Gasteiger partial charge in [-0.3, -0.25) is 4.32 Å². The largest absolute Gasteiger partial charge is 0.555 e. The average molecular weight is 132 g/mol. The van der Waals surface area contributed by atoms with Crippen molar-refractivity contribution in [2.24, 2.45) is 0 Å². The van der Waals surface area contributed by atoms with Crippen LogP contribution in [0.25, 0.3) is 0 Å². The van der Waals surface area contributed by atoms with Crippen LogP contribution in [0.15, 0.2) is 0 Å². The van der Waals surface area contributed by atoms with Crippen molar-refractivity contribution in [2.75, 3.05) is 0 Å². The van der Waals surface area contributed by atoms with Crippen LogP contribution in [0.2, 0.25) is 0 Å². The lowest BCUT2D eigenvalue weighted by Gasteiger charge is -2.22. The zero-order chi connectivity index (χ0) is 6.85. The molecule has 0 aromatic rings. The Bertz CT molecular complexity index is 90.3. The molecule has 0 unspecified atom stereocenters. The number of hydrogen-bond donors (Lipinski definition) is 1. The van der Waals surface area contributed by atoms with Crippen LogP contribution in [-0.2, 0) is 0 Å². The summed E-state index contributed by atoms with van der Waals surface area (Å²) in [7, 11) is -1.03. The van der Waals surface area contributed by atoms with Crippen molar-refractivity contribution in [3.63, 3.8) is 0 Å². The molecule has 9 heteroatoms. The summed E-state index contributed by atoms with van der Waals surface area (Å²) in [6.07, 6.45) is 0. The molecule has 1 saturated heterocycles. The van der Waals surface area contributed by atoms with Gasteiger partial charge in [-0.25, -0.2) is 0 Å². The molecule has 46 valence electrons. The van der Waals surface area contributed by atoms with E-state index in [1.807, 2.05) is 5.14 Å². The van der Waals surface area contributed by atoms with E-state index in [1.165, 1.54) is 0 Å². The van der Waals surface area contributed by atoms with E-state index in [0.717, 1.165) is 0 Å². The molecule has 0 amide bonds. The Balaban J connectivity index is 2.41. The lowest BCUT2D eigenvalue weighted by atomic mass is 9.80. The molecule has 1 N–H and O–H groups in total. The zero-order valence-corrected chi connectivity index (χ0v) is 4.26. The third-order valence-electron chi connectivity index (χ3n) is 0.803. The molecule has 1 aliphatic rings. The van der Waals surface area contributed by atoms with Crippen LogP contribution in [0, 0.1) is 0 Å². The second kappa shape index (κ2) is 2.63. The van der Waals surface area contributed by atoms with Gasteiger partial charge in [-0.15, -0.1) is 0 Å². The smallest absolute Gasteiger partial charge is 0.375 e. The summed E-state index contributed by atoms with van der Waals surface area (Å²) in [4.78, 5) is -0.861. The van der Waals surface area contributed by atoms with Gasteiger partial charge in [0.2, 0.25) is 0 Å². The third-order valence-corrected chi connectivity index (χ3v) is 0.803. The Labute approximate surface area is 51.8 Å². The summed E-state index contributed by atoms with van der Waals surface area (Å²) in [6.45, 7) is 0. The minimum atomic E-state index is -2.37. The topological polar surface area (TPSA) is 18.5 Å². The van der Waals surface area contributed by atoms with Crippen LogP contribution in [0.4, 0.5) is 13.3 Å². The lowest BCUT2D eigenvalue weighted by Crippen LogP contribution is -2.59. The lowest BCUT2D eigenvalue weighted by molar-refractivity contribution is 0.146. The standard InChI is InChI=1S/B3F3HN3/c4-3-8(5)1-7-2-9(3)6/h7H. The number of rotatable bonds is 0. The molecular formula is HB3F3N3. The molecule has 1 rings (SSSR count). The molecule has 0 aromatic heterocycles. The third kappa shape index (κ3) is 1.41. The second-order valence-corrected chi connectivity index (χ2v) is 1.42. The highest BCUT2D eigenvalue weighted by Gasteiger charge is 2.38. The Morgan fingerprint density at radius 2 is 1.67 bits per heavy atom. The Morgan fingerprint density at radius 1 is 1.22 bits per heavy atom. The first-order valence-corrected chi connectivity index (χ1v) is 2.17. The molecule has 9 heavy (non-hydrogen) atoms. The number of nitrogens with zero attached hydrogens (tertiary/aromatic N) is 2. The van der Waals surface area contributed by atoms with E-state index in [1.54, 1.807) is 0 Å². The fourth-order valence-electron chi connectivity index (χ4n) is 0.404. The first-order valence-electron chi connectivity index (χ1n) is 2.17. The predicted molar refractivity (Wildman–Crippen MR) is 27.4 cm³/mol.